The molecule has 0 radical (unpaired) electrons. The maximum atomic E-state index is 11.3. The van der Waals surface area contributed by atoms with E-state index < -0.39 is 5.97 Å². The average Bonchev–Trinajstić information content (AvgIpc) is 2.67. The van der Waals surface area contributed by atoms with Gasteiger partial charge in [-0.3, -0.25) is 4.79 Å². The van der Waals surface area contributed by atoms with Gasteiger partial charge in [-0.2, -0.15) is 0 Å². The zero-order chi connectivity index (χ0) is 14.0. The van der Waals surface area contributed by atoms with E-state index in [2.05, 4.69) is 9.97 Å². The minimum atomic E-state index is -1.01. The van der Waals surface area contributed by atoms with Crippen molar-refractivity contribution >= 4 is 17.7 Å². The van der Waals surface area contributed by atoms with E-state index >= 15 is 0 Å². The summed E-state index contributed by atoms with van der Waals surface area (Å²) < 4.78 is 5.34. The van der Waals surface area contributed by atoms with E-state index in [0.29, 0.717) is 28.1 Å². The summed E-state index contributed by atoms with van der Waals surface area (Å²) in [6.45, 7) is 3.34. The second-order valence-corrected chi connectivity index (χ2v) is 4.93. The summed E-state index contributed by atoms with van der Waals surface area (Å²) in [5.74, 6) is 0.290. The van der Waals surface area contributed by atoms with Gasteiger partial charge in [0.2, 0.25) is 0 Å². The van der Waals surface area contributed by atoms with Crippen LogP contribution in [-0.2, 0) is 5.75 Å². The van der Waals surface area contributed by atoms with Crippen molar-refractivity contribution in [2.24, 2.45) is 0 Å². The van der Waals surface area contributed by atoms with E-state index in [4.69, 9.17) is 9.52 Å². The lowest BCUT2D eigenvalue weighted by atomic mass is 10.2. The predicted octanol–water partition coefficient (Wildman–Crippen LogP) is 1.97. The van der Waals surface area contributed by atoms with Crippen LogP contribution in [0.4, 0.5) is 0 Å². The first-order chi connectivity index (χ1) is 8.95. The molecule has 0 aliphatic heterocycles. The van der Waals surface area contributed by atoms with Crippen LogP contribution in [0.25, 0.3) is 0 Å². The summed E-state index contributed by atoms with van der Waals surface area (Å²) in [6, 6.07) is 2.89. The maximum Gasteiger partial charge on any atom is 0.339 e. The summed E-state index contributed by atoms with van der Waals surface area (Å²) >= 11 is 1.28. The molecule has 0 amide bonds. The normalized spacial score (nSPS) is 10.6. The van der Waals surface area contributed by atoms with Crippen LogP contribution in [0.1, 0.15) is 27.6 Å². The van der Waals surface area contributed by atoms with Crippen LogP contribution in [0.3, 0.4) is 0 Å². The summed E-state index contributed by atoms with van der Waals surface area (Å²) in [7, 11) is 0. The van der Waals surface area contributed by atoms with Crippen LogP contribution in [0, 0.1) is 13.8 Å². The number of hydrogen-bond donors (Lipinski definition) is 2. The molecule has 0 saturated carbocycles. The molecule has 7 heteroatoms. The van der Waals surface area contributed by atoms with Crippen LogP contribution in [-0.4, -0.2) is 21.0 Å². The van der Waals surface area contributed by atoms with E-state index in [1.807, 2.05) is 0 Å². The van der Waals surface area contributed by atoms with Crippen molar-refractivity contribution < 1.29 is 14.3 Å². The highest BCUT2D eigenvalue weighted by Gasteiger charge is 2.14. The molecule has 0 aliphatic rings. The molecule has 100 valence electrons. The first-order valence-corrected chi connectivity index (χ1v) is 6.47. The summed E-state index contributed by atoms with van der Waals surface area (Å²) in [4.78, 5) is 28.9. The maximum absolute atomic E-state index is 11.3. The Morgan fingerprint density at radius 1 is 1.47 bits per heavy atom. The first kappa shape index (κ1) is 13.4. The van der Waals surface area contributed by atoms with Gasteiger partial charge in [0.15, 0.2) is 5.16 Å². The van der Waals surface area contributed by atoms with Crippen molar-refractivity contribution in [3.8, 4) is 0 Å². The Hall–Kier alpha value is -2.02. The van der Waals surface area contributed by atoms with Crippen molar-refractivity contribution in [2.75, 3.05) is 0 Å². The van der Waals surface area contributed by atoms with Gasteiger partial charge in [0.25, 0.3) is 5.56 Å². The lowest BCUT2D eigenvalue weighted by Gasteiger charge is -1.99. The number of aromatic nitrogens is 2. The Kier molecular flexibility index (Phi) is 3.75. The molecule has 0 aromatic carbocycles. The standard InChI is InChI=1S/C12H12N2O4S/c1-6-3-10(15)14-12(13-6)19-5-8-4-9(11(16)17)7(2)18-8/h3-4H,5H2,1-2H3,(H,16,17)(H,13,14,15). The number of rotatable bonds is 4. The number of thioether (sulfide) groups is 1. The lowest BCUT2D eigenvalue weighted by molar-refractivity contribution is 0.0695. The van der Waals surface area contributed by atoms with Crippen LogP contribution in [0.5, 0.6) is 0 Å². The van der Waals surface area contributed by atoms with Gasteiger partial charge >= 0.3 is 5.97 Å². The van der Waals surface area contributed by atoms with Crippen molar-refractivity contribution in [3.05, 3.63) is 45.3 Å². The van der Waals surface area contributed by atoms with Gasteiger partial charge in [-0.25, -0.2) is 9.78 Å². The molecule has 0 spiro atoms. The Morgan fingerprint density at radius 2 is 2.21 bits per heavy atom. The van der Waals surface area contributed by atoms with E-state index in [1.54, 1.807) is 13.8 Å². The first-order valence-electron chi connectivity index (χ1n) is 5.49. The topological polar surface area (TPSA) is 96.2 Å². The summed E-state index contributed by atoms with van der Waals surface area (Å²) in [6.07, 6.45) is 0. The van der Waals surface area contributed by atoms with Gasteiger partial charge in [-0.15, -0.1) is 0 Å². The number of nitrogens with one attached hydrogen (secondary N) is 1. The Bertz CT molecular complexity index is 675. The molecule has 0 unspecified atom stereocenters. The molecule has 2 aromatic rings. The molecule has 2 aromatic heterocycles. The van der Waals surface area contributed by atoms with Crippen LogP contribution in [0.15, 0.2) is 26.5 Å². The number of carboxylic acid groups (broad SMARTS) is 1. The predicted molar refractivity (Wildman–Crippen MR) is 69.6 cm³/mol. The van der Waals surface area contributed by atoms with Gasteiger partial charge in [0.05, 0.1) is 5.75 Å². The number of furan rings is 1. The number of carbonyl (C=O) groups is 1. The quantitative estimate of drug-likeness (QED) is 0.656. The number of nitrogens with zero attached hydrogens (tertiary/aromatic N) is 1. The molecule has 6 nitrogen and oxygen atoms in total. The molecule has 2 rings (SSSR count). The number of H-pyrrole nitrogens is 1. The van der Waals surface area contributed by atoms with E-state index in [0.717, 1.165) is 0 Å². The molecule has 0 saturated heterocycles. The minimum Gasteiger partial charge on any atom is -0.478 e. The zero-order valence-corrected chi connectivity index (χ0v) is 11.2. The van der Waals surface area contributed by atoms with E-state index in [-0.39, 0.29) is 11.1 Å². The summed E-state index contributed by atoms with van der Waals surface area (Å²) in [5.41, 5.74) is 0.575. The number of hydrogen-bond acceptors (Lipinski definition) is 5. The molecule has 0 atom stereocenters. The van der Waals surface area contributed by atoms with E-state index in [9.17, 15) is 9.59 Å². The van der Waals surface area contributed by atoms with Crippen molar-refractivity contribution in [1.82, 2.24) is 9.97 Å². The third-order valence-electron chi connectivity index (χ3n) is 2.40. The number of aromatic carboxylic acids is 1. The molecule has 19 heavy (non-hydrogen) atoms. The van der Waals surface area contributed by atoms with Gasteiger partial charge < -0.3 is 14.5 Å². The second-order valence-electron chi connectivity index (χ2n) is 3.97. The Labute approximate surface area is 112 Å². The van der Waals surface area contributed by atoms with Crippen LogP contribution in [0.2, 0.25) is 0 Å². The molecule has 2 heterocycles. The average molecular weight is 280 g/mol. The fourth-order valence-electron chi connectivity index (χ4n) is 1.59. The molecule has 0 aliphatic carbocycles. The highest BCUT2D eigenvalue weighted by atomic mass is 32.2. The van der Waals surface area contributed by atoms with Crippen LogP contribution < -0.4 is 5.56 Å². The third-order valence-corrected chi connectivity index (χ3v) is 3.29. The lowest BCUT2D eigenvalue weighted by Crippen LogP contribution is -2.07. The van der Waals surface area contributed by atoms with Gasteiger partial charge in [-0.1, -0.05) is 11.8 Å². The van der Waals surface area contributed by atoms with Gasteiger partial charge in [0.1, 0.15) is 17.1 Å². The van der Waals surface area contributed by atoms with Crippen molar-refractivity contribution in [3.63, 3.8) is 0 Å². The smallest absolute Gasteiger partial charge is 0.339 e. The number of aromatic amines is 1. The molecule has 2 N–H and O–H groups in total. The molecular formula is C12H12N2O4S. The van der Waals surface area contributed by atoms with Gasteiger partial charge in [-0.05, 0) is 19.9 Å². The van der Waals surface area contributed by atoms with E-state index in [1.165, 1.54) is 23.9 Å². The van der Waals surface area contributed by atoms with Gasteiger partial charge in [0, 0.05) is 11.8 Å². The number of aryl methyl sites for hydroxylation is 2. The summed E-state index contributed by atoms with van der Waals surface area (Å²) in [5, 5.41) is 9.39. The zero-order valence-electron chi connectivity index (χ0n) is 10.4. The third kappa shape index (κ3) is 3.25. The number of carboxylic acids is 1. The largest absolute Gasteiger partial charge is 0.478 e. The molecule has 0 bridgehead atoms. The fourth-order valence-corrected chi connectivity index (χ4v) is 2.39. The van der Waals surface area contributed by atoms with Crippen molar-refractivity contribution in [2.45, 2.75) is 24.8 Å². The Balaban J connectivity index is 2.12. The monoisotopic (exact) mass is 280 g/mol. The second kappa shape index (κ2) is 5.31. The highest BCUT2D eigenvalue weighted by Crippen LogP contribution is 2.22. The minimum absolute atomic E-state index is 0.154. The van der Waals surface area contributed by atoms with Crippen molar-refractivity contribution in [1.29, 1.82) is 0 Å². The SMILES string of the molecule is Cc1cc(=O)[nH]c(SCc2cc(C(=O)O)c(C)o2)n1. The molecule has 0 fully saturated rings. The van der Waals surface area contributed by atoms with Crippen LogP contribution >= 0.6 is 11.8 Å². The molecular weight excluding hydrogens is 268 g/mol. The Morgan fingerprint density at radius 3 is 2.79 bits per heavy atom. The fraction of sp³-hybridized carbons (Fsp3) is 0.250. The highest BCUT2D eigenvalue weighted by molar-refractivity contribution is 7.98.